The van der Waals surface area contributed by atoms with Crippen LogP contribution in [0.15, 0.2) is 24.3 Å². The van der Waals surface area contributed by atoms with Gasteiger partial charge in [-0.2, -0.15) is 0 Å². The number of benzene rings is 1. The third kappa shape index (κ3) is 2.91. The minimum atomic E-state index is 0.198. The molecule has 0 aliphatic carbocycles. The van der Waals surface area contributed by atoms with Crippen molar-refractivity contribution in [3.8, 4) is 0 Å². The molecule has 1 aromatic rings. The average Bonchev–Trinajstić information content (AvgIpc) is 2.15. The Labute approximate surface area is 107 Å². The van der Waals surface area contributed by atoms with Crippen LogP contribution < -0.4 is 0 Å². The maximum absolute atomic E-state index is 2.33. The zero-order valence-corrected chi connectivity index (χ0v) is 12.8. The molecule has 0 fully saturated rings. The van der Waals surface area contributed by atoms with Gasteiger partial charge in [0.25, 0.3) is 0 Å². The van der Waals surface area contributed by atoms with Gasteiger partial charge >= 0.3 is 0 Å². The van der Waals surface area contributed by atoms with Gasteiger partial charge in [-0.3, -0.25) is 0 Å². The number of hydrogen-bond acceptors (Lipinski definition) is 0. The van der Waals surface area contributed by atoms with Crippen LogP contribution in [0.1, 0.15) is 66.5 Å². The molecule has 0 bridgehead atoms. The van der Waals surface area contributed by atoms with Gasteiger partial charge in [-0.1, -0.05) is 79.7 Å². The molecular weight excluding hydrogens is 204 g/mol. The summed E-state index contributed by atoms with van der Waals surface area (Å²) in [6.45, 7) is 18.4. The quantitative estimate of drug-likeness (QED) is 0.615. The van der Waals surface area contributed by atoms with Crippen molar-refractivity contribution >= 4 is 0 Å². The second-order valence-electron chi connectivity index (χ2n) is 7.70. The first-order chi connectivity index (χ1) is 7.46. The summed E-state index contributed by atoms with van der Waals surface area (Å²) in [6.07, 6.45) is 0. The molecule has 0 N–H and O–H groups in total. The van der Waals surface area contributed by atoms with Crippen molar-refractivity contribution in [1.29, 1.82) is 0 Å². The van der Waals surface area contributed by atoms with E-state index in [0.717, 1.165) is 0 Å². The van der Waals surface area contributed by atoms with Crippen LogP contribution in [0.25, 0.3) is 0 Å². The molecule has 0 aliphatic heterocycles. The molecule has 0 saturated heterocycles. The predicted molar refractivity (Wildman–Crippen MR) is 77.6 cm³/mol. The Morgan fingerprint density at radius 3 is 1.24 bits per heavy atom. The lowest BCUT2D eigenvalue weighted by molar-refractivity contribution is 0.225. The standard InChI is InChI=1S/C17H28/c1-15(2,3)13-9-11-14(12-10-13)17(7,8)16(4,5)6/h9-12H,1-8H3. The summed E-state index contributed by atoms with van der Waals surface area (Å²) in [5.41, 5.74) is 3.55. The monoisotopic (exact) mass is 232 g/mol. The van der Waals surface area contributed by atoms with Crippen LogP contribution in [-0.2, 0) is 10.8 Å². The van der Waals surface area contributed by atoms with Crippen molar-refractivity contribution in [3.63, 3.8) is 0 Å². The van der Waals surface area contributed by atoms with Gasteiger partial charge in [0.2, 0.25) is 0 Å². The molecule has 0 amide bonds. The van der Waals surface area contributed by atoms with Crippen molar-refractivity contribution in [1.82, 2.24) is 0 Å². The highest BCUT2D eigenvalue weighted by Crippen LogP contribution is 2.41. The SMILES string of the molecule is CC(C)(C)c1ccc(C(C)(C)C(C)(C)C)cc1. The minimum absolute atomic E-state index is 0.198. The molecule has 0 aliphatic rings. The van der Waals surface area contributed by atoms with Crippen LogP contribution in [0.3, 0.4) is 0 Å². The third-order valence-corrected chi connectivity index (χ3v) is 4.35. The third-order valence-electron chi connectivity index (χ3n) is 4.35. The fourth-order valence-electron chi connectivity index (χ4n) is 1.82. The maximum atomic E-state index is 2.33. The van der Waals surface area contributed by atoms with E-state index >= 15 is 0 Å². The van der Waals surface area contributed by atoms with E-state index in [9.17, 15) is 0 Å². The molecule has 0 heteroatoms. The van der Waals surface area contributed by atoms with Crippen LogP contribution in [0.4, 0.5) is 0 Å². The molecule has 0 aromatic heterocycles. The summed E-state index contributed by atoms with van der Waals surface area (Å²) in [4.78, 5) is 0. The van der Waals surface area contributed by atoms with Gasteiger partial charge in [0.15, 0.2) is 0 Å². The molecule has 0 unspecified atom stereocenters. The van der Waals surface area contributed by atoms with Crippen molar-refractivity contribution in [2.24, 2.45) is 5.41 Å². The molecular formula is C17H28. The van der Waals surface area contributed by atoms with Crippen molar-refractivity contribution in [2.45, 2.75) is 66.2 Å². The first-order valence-corrected chi connectivity index (χ1v) is 6.57. The summed E-state index contributed by atoms with van der Waals surface area (Å²) in [7, 11) is 0. The van der Waals surface area contributed by atoms with E-state index < -0.39 is 0 Å². The average molecular weight is 232 g/mol. The van der Waals surface area contributed by atoms with Gasteiger partial charge in [0, 0.05) is 0 Å². The second kappa shape index (κ2) is 4.15. The molecule has 0 nitrogen and oxygen atoms in total. The summed E-state index contributed by atoms with van der Waals surface area (Å²) < 4.78 is 0. The van der Waals surface area contributed by atoms with Gasteiger partial charge in [0.1, 0.15) is 0 Å². The molecule has 0 spiro atoms. The molecule has 1 aromatic carbocycles. The molecule has 17 heavy (non-hydrogen) atoms. The highest BCUT2D eigenvalue weighted by molar-refractivity contribution is 5.32. The molecule has 0 radical (unpaired) electrons. The predicted octanol–water partition coefficient (Wildman–Crippen LogP) is 5.31. The summed E-state index contributed by atoms with van der Waals surface area (Å²) in [5, 5.41) is 0. The second-order valence-corrected chi connectivity index (χ2v) is 7.70. The fraction of sp³-hybridized carbons (Fsp3) is 0.647. The van der Waals surface area contributed by atoms with Crippen LogP contribution >= 0.6 is 0 Å². The Morgan fingerprint density at radius 1 is 0.588 bits per heavy atom. The van der Waals surface area contributed by atoms with E-state index in [0.29, 0.717) is 0 Å². The van der Waals surface area contributed by atoms with Crippen molar-refractivity contribution in [2.75, 3.05) is 0 Å². The van der Waals surface area contributed by atoms with Gasteiger partial charge in [-0.15, -0.1) is 0 Å². The Morgan fingerprint density at radius 2 is 0.941 bits per heavy atom. The van der Waals surface area contributed by atoms with Crippen molar-refractivity contribution in [3.05, 3.63) is 35.4 Å². The van der Waals surface area contributed by atoms with E-state index in [4.69, 9.17) is 0 Å². The van der Waals surface area contributed by atoms with E-state index in [-0.39, 0.29) is 16.2 Å². The molecule has 0 saturated carbocycles. The van der Waals surface area contributed by atoms with E-state index in [1.54, 1.807) is 0 Å². The summed E-state index contributed by atoms with van der Waals surface area (Å²) in [6, 6.07) is 9.16. The summed E-state index contributed by atoms with van der Waals surface area (Å²) >= 11 is 0. The minimum Gasteiger partial charge on any atom is -0.0593 e. The lowest BCUT2D eigenvalue weighted by Crippen LogP contribution is -2.33. The first-order valence-electron chi connectivity index (χ1n) is 6.57. The summed E-state index contributed by atoms with van der Waals surface area (Å²) in [5.74, 6) is 0. The topological polar surface area (TPSA) is 0 Å². The van der Waals surface area contributed by atoms with E-state index in [1.807, 2.05) is 0 Å². The largest absolute Gasteiger partial charge is 0.0593 e. The van der Waals surface area contributed by atoms with Gasteiger partial charge in [0.05, 0.1) is 0 Å². The van der Waals surface area contributed by atoms with E-state index in [2.05, 4.69) is 79.7 Å². The van der Waals surface area contributed by atoms with Gasteiger partial charge in [-0.25, -0.2) is 0 Å². The smallest absolute Gasteiger partial charge is 0.00551 e. The van der Waals surface area contributed by atoms with Crippen LogP contribution in [0.5, 0.6) is 0 Å². The first kappa shape index (κ1) is 14.3. The Bertz CT molecular complexity index is 366. The molecule has 0 atom stereocenters. The van der Waals surface area contributed by atoms with Gasteiger partial charge in [-0.05, 0) is 27.4 Å². The molecule has 1 rings (SSSR count). The number of rotatable bonds is 1. The lowest BCUT2D eigenvalue weighted by atomic mass is 9.65. The molecule has 0 heterocycles. The fourth-order valence-corrected chi connectivity index (χ4v) is 1.82. The normalized spacial score (nSPS) is 13.9. The van der Waals surface area contributed by atoms with Crippen molar-refractivity contribution < 1.29 is 0 Å². The Balaban J connectivity index is 3.12. The highest BCUT2D eigenvalue weighted by Gasteiger charge is 2.34. The lowest BCUT2D eigenvalue weighted by Gasteiger charge is -2.39. The zero-order chi connectivity index (χ0) is 13.5. The van der Waals surface area contributed by atoms with Crippen LogP contribution in [0.2, 0.25) is 0 Å². The van der Waals surface area contributed by atoms with Crippen LogP contribution in [0, 0.1) is 5.41 Å². The number of hydrogen-bond donors (Lipinski definition) is 0. The highest BCUT2D eigenvalue weighted by atomic mass is 14.4. The molecule has 96 valence electrons. The van der Waals surface area contributed by atoms with Crippen LogP contribution in [-0.4, -0.2) is 0 Å². The van der Waals surface area contributed by atoms with E-state index in [1.165, 1.54) is 11.1 Å². The maximum Gasteiger partial charge on any atom is -0.00551 e. The van der Waals surface area contributed by atoms with Gasteiger partial charge < -0.3 is 0 Å². The Hall–Kier alpha value is -0.780. The Kier molecular flexibility index (Phi) is 3.49. The zero-order valence-electron chi connectivity index (χ0n) is 12.8.